The number of esters is 2. The Labute approximate surface area is 254 Å². The number of H-pyrrole nitrogens is 1. The van der Waals surface area contributed by atoms with E-state index in [0.29, 0.717) is 34.8 Å². The third-order valence-electron chi connectivity index (χ3n) is 7.02. The normalized spacial score (nSPS) is 14.9. The summed E-state index contributed by atoms with van der Waals surface area (Å²) in [5, 5.41) is 6.94. The molecular weight excluding hydrogens is 578 g/mol. The fourth-order valence-electron chi connectivity index (χ4n) is 5.21. The van der Waals surface area contributed by atoms with Crippen LogP contribution in [0.2, 0.25) is 5.02 Å². The Morgan fingerprint density at radius 1 is 1.12 bits per heavy atom. The maximum Gasteiger partial charge on any atom is 0.412 e. The largest absolute Gasteiger partial charge is 0.480 e. The highest BCUT2D eigenvalue weighted by Gasteiger charge is 2.36. The number of hydrogen-bond donors (Lipinski definition) is 3. The lowest BCUT2D eigenvalue weighted by Gasteiger charge is -2.28. The molecule has 0 spiro atoms. The van der Waals surface area contributed by atoms with Crippen LogP contribution in [-0.2, 0) is 30.2 Å². The average molecular weight is 614 g/mol. The first-order valence-electron chi connectivity index (χ1n) is 14.0. The number of hydrogen-bond acceptors (Lipinski definition) is 8. The number of aryl methyl sites for hydroxylation is 1. The van der Waals surface area contributed by atoms with Gasteiger partial charge in [-0.05, 0) is 81.8 Å². The molecule has 1 aliphatic rings. The summed E-state index contributed by atoms with van der Waals surface area (Å²) in [7, 11) is 1.31. The van der Waals surface area contributed by atoms with Crippen LogP contribution in [0.4, 0.5) is 16.2 Å². The number of carbonyl (C=O) groups excluding carboxylic acids is 4. The van der Waals surface area contributed by atoms with Gasteiger partial charge in [-0.15, -0.1) is 0 Å². The summed E-state index contributed by atoms with van der Waals surface area (Å²) < 4.78 is 21.0. The molecule has 3 N–H and O–H groups in total. The first-order valence-corrected chi connectivity index (χ1v) is 14.3. The minimum absolute atomic E-state index is 0.144. The predicted octanol–water partition coefficient (Wildman–Crippen LogP) is 6.20. The second-order valence-corrected chi connectivity index (χ2v) is 11.7. The lowest BCUT2D eigenvalue weighted by molar-refractivity contribution is -0.145. The van der Waals surface area contributed by atoms with E-state index in [2.05, 4.69) is 15.6 Å². The fourth-order valence-corrected chi connectivity index (χ4v) is 5.45. The van der Waals surface area contributed by atoms with Gasteiger partial charge in [0.1, 0.15) is 17.0 Å². The van der Waals surface area contributed by atoms with Crippen LogP contribution in [0, 0.1) is 5.92 Å². The predicted molar refractivity (Wildman–Crippen MR) is 162 cm³/mol. The number of methoxy groups -OCH3 is 1. The van der Waals surface area contributed by atoms with E-state index in [1.54, 1.807) is 52.8 Å². The van der Waals surface area contributed by atoms with E-state index in [4.69, 9.17) is 30.5 Å². The van der Waals surface area contributed by atoms with Crippen LogP contribution in [0.1, 0.15) is 68.6 Å². The van der Waals surface area contributed by atoms with E-state index in [1.165, 1.54) is 13.2 Å². The van der Waals surface area contributed by atoms with Crippen LogP contribution < -0.4 is 15.4 Å². The van der Waals surface area contributed by atoms with Gasteiger partial charge in [-0.3, -0.25) is 10.1 Å². The summed E-state index contributed by atoms with van der Waals surface area (Å²) in [5.41, 5.74) is 2.63. The summed E-state index contributed by atoms with van der Waals surface area (Å²) >= 11 is 6.31. The molecule has 1 aliphatic carbocycles. The number of anilines is 2. The Balaban J connectivity index is 1.61. The third kappa shape index (κ3) is 7.40. The number of benzene rings is 2. The summed E-state index contributed by atoms with van der Waals surface area (Å²) in [6.07, 6.45) is 0.598. The van der Waals surface area contributed by atoms with Crippen LogP contribution in [0.5, 0.6) is 5.75 Å². The van der Waals surface area contributed by atoms with Crippen LogP contribution in [0.3, 0.4) is 0 Å². The number of nitrogens with one attached hydrogen (secondary N) is 3. The molecule has 230 valence electrons. The Bertz CT molecular complexity index is 1560. The van der Waals surface area contributed by atoms with Gasteiger partial charge in [0, 0.05) is 33.6 Å². The van der Waals surface area contributed by atoms with Gasteiger partial charge in [0.2, 0.25) is 5.91 Å². The molecule has 2 unspecified atom stereocenters. The van der Waals surface area contributed by atoms with Crippen LogP contribution in [-0.4, -0.2) is 54.8 Å². The van der Waals surface area contributed by atoms with Crippen molar-refractivity contribution in [3.05, 3.63) is 52.2 Å². The van der Waals surface area contributed by atoms with Crippen molar-refractivity contribution in [3.8, 4) is 5.75 Å². The number of ether oxygens (including phenoxy) is 4. The van der Waals surface area contributed by atoms with Gasteiger partial charge in [0.05, 0.1) is 19.4 Å². The molecule has 3 aromatic rings. The van der Waals surface area contributed by atoms with Crippen molar-refractivity contribution in [2.24, 2.45) is 5.92 Å². The summed E-state index contributed by atoms with van der Waals surface area (Å²) in [6.45, 7) is 8.47. The zero-order valence-corrected chi connectivity index (χ0v) is 25.8. The van der Waals surface area contributed by atoms with Crippen LogP contribution >= 0.6 is 11.6 Å². The molecule has 0 bridgehead atoms. The van der Waals surface area contributed by atoms with Crippen molar-refractivity contribution in [2.75, 3.05) is 31.0 Å². The highest BCUT2D eigenvalue weighted by atomic mass is 35.5. The molecule has 43 heavy (non-hydrogen) atoms. The molecule has 2 aromatic carbocycles. The number of halogens is 1. The Hall–Kier alpha value is -4.25. The summed E-state index contributed by atoms with van der Waals surface area (Å²) in [6, 6.07) is 8.25. The van der Waals surface area contributed by atoms with Crippen molar-refractivity contribution in [2.45, 2.75) is 59.0 Å². The molecule has 0 fully saturated rings. The quantitative estimate of drug-likeness (QED) is 0.191. The average Bonchev–Trinajstić information content (AvgIpc) is 3.31. The van der Waals surface area contributed by atoms with Gasteiger partial charge in [-0.1, -0.05) is 18.5 Å². The molecular formula is C31H36ClN3O8. The van der Waals surface area contributed by atoms with Gasteiger partial charge >= 0.3 is 18.0 Å². The van der Waals surface area contributed by atoms with Gasteiger partial charge in [-0.25, -0.2) is 14.4 Å². The summed E-state index contributed by atoms with van der Waals surface area (Å²) in [5.74, 6) is -2.20. The topological polar surface area (TPSA) is 145 Å². The second-order valence-electron chi connectivity index (χ2n) is 11.2. The molecule has 0 saturated heterocycles. The number of aromatic nitrogens is 1. The monoisotopic (exact) mass is 613 g/mol. The zero-order valence-electron chi connectivity index (χ0n) is 25.0. The molecule has 0 aliphatic heterocycles. The molecule has 2 amide bonds. The van der Waals surface area contributed by atoms with Gasteiger partial charge in [-0.2, -0.15) is 0 Å². The van der Waals surface area contributed by atoms with E-state index < -0.39 is 36.2 Å². The molecule has 1 heterocycles. The van der Waals surface area contributed by atoms with Gasteiger partial charge in [0.25, 0.3) is 0 Å². The SMILES string of the molecule is CCOC(=O)COc1cc(NC(=O)OC(C)(C)C)ccc1NC(=O)C(C)C1CCc2cc(Cl)cc3[nH]c(C(=O)OC)c1c23. The lowest BCUT2D eigenvalue weighted by atomic mass is 9.76. The van der Waals surface area contributed by atoms with E-state index in [0.717, 1.165) is 16.5 Å². The van der Waals surface area contributed by atoms with E-state index >= 15 is 0 Å². The van der Waals surface area contributed by atoms with Crippen molar-refractivity contribution in [1.29, 1.82) is 0 Å². The lowest BCUT2D eigenvalue weighted by Crippen LogP contribution is -2.29. The molecule has 0 radical (unpaired) electrons. The Kier molecular flexibility index (Phi) is 9.54. The van der Waals surface area contributed by atoms with Gasteiger partial charge < -0.3 is 29.2 Å². The molecule has 11 nitrogen and oxygen atoms in total. The second kappa shape index (κ2) is 12.9. The minimum Gasteiger partial charge on any atom is -0.480 e. The van der Waals surface area contributed by atoms with E-state index in [1.807, 2.05) is 6.07 Å². The minimum atomic E-state index is -0.706. The van der Waals surface area contributed by atoms with E-state index in [-0.39, 0.29) is 29.9 Å². The van der Waals surface area contributed by atoms with E-state index in [9.17, 15) is 19.2 Å². The molecule has 2 atom stereocenters. The smallest absolute Gasteiger partial charge is 0.412 e. The first kappa shape index (κ1) is 31.7. The number of rotatable bonds is 9. The molecule has 0 saturated carbocycles. The maximum absolute atomic E-state index is 13.7. The fraction of sp³-hybridized carbons (Fsp3) is 0.419. The van der Waals surface area contributed by atoms with Crippen LogP contribution in [0.15, 0.2) is 30.3 Å². The number of amides is 2. The van der Waals surface area contributed by atoms with Crippen molar-refractivity contribution in [3.63, 3.8) is 0 Å². The number of aromatic amines is 1. The van der Waals surface area contributed by atoms with Crippen molar-refractivity contribution >= 4 is 57.8 Å². The molecule has 12 heteroatoms. The third-order valence-corrected chi connectivity index (χ3v) is 7.24. The van der Waals surface area contributed by atoms with Gasteiger partial charge in [0.15, 0.2) is 6.61 Å². The van der Waals surface area contributed by atoms with Crippen molar-refractivity contribution < 1.29 is 38.1 Å². The maximum atomic E-state index is 13.7. The number of carbonyl (C=O) groups is 4. The molecule has 4 rings (SSSR count). The first-order chi connectivity index (χ1) is 20.3. The Morgan fingerprint density at radius 3 is 2.53 bits per heavy atom. The molecule has 1 aromatic heterocycles. The summed E-state index contributed by atoms with van der Waals surface area (Å²) in [4.78, 5) is 53.9. The highest BCUT2D eigenvalue weighted by molar-refractivity contribution is 6.31. The Morgan fingerprint density at radius 2 is 1.86 bits per heavy atom. The zero-order chi connectivity index (χ0) is 31.5. The standard InChI is InChI=1S/C31H36ClN3O8/c1-7-41-24(36)15-42-23-14-19(33-30(39)43-31(3,4)5)9-11-21(23)35-28(37)16(2)20-10-8-17-12-18(32)13-22-25(17)26(20)27(34-22)29(38)40-6/h9,11-14,16,20,34H,7-8,10,15H2,1-6H3,(H,33,39)(H,35,37). The van der Waals surface area contributed by atoms with Crippen LogP contribution in [0.25, 0.3) is 10.9 Å². The highest BCUT2D eigenvalue weighted by Crippen LogP contribution is 2.44. The van der Waals surface area contributed by atoms with Crippen molar-refractivity contribution in [1.82, 2.24) is 4.98 Å².